The van der Waals surface area contributed by atoms with Crippen LogP contribution in [0.2, 0.25) is 0 Å². The van der Waals surface area contributed by atoms with Gasteiger partial charge >= 0.3 is 0 Å². The van der Waals surface area contributed by atoms with Gasteiger partial charge in [0.1, 0.15) is 18.2 Å². The Morgan fingerprint density at radius 1 is 1.33 bits per heavy atom. The van der Waals surface area contributed by atoms with Crippen LogP contribution in [0.25, 0.3) is 0 Å². The molecular formula is C15H9BrF2N2O3S. The molecule has 0 radical (unpaired) electrons. The second-order valence-corrected chi connectivity index (χ2v) is 6.96. The first-order valence-electron chi connectivity index (χ1n) is 6.60. The molecule has 0 bridgehead atoms. The summed E-state index contributed by atoms with van der Waals surface area (Å²) in [5.41, 5.74) is 0. The summed E-state index contributed by atoms with van der Waals surface area (Å²) in [6, 6.07) is 6.00. The first kappa shape index (κ1) is 16.6. The van der Waals surface area contributed by atoms with E-state index in [1.54, 1.807) is 6.20 Å². The zero-order chi connectivity index (χ0) is 17.1. The summed E-state index contributed by atoms with van der Waals surface area (Å²) in [4.78, 5) is 16.0. The van der Waals surface area contributed by atoms with Crippen LogP contribution >= 0.6 is 27.3 Å². The van der Waals surface area contributed by atoms with Crippen LogP contribution in [0.15, 0.2) is 44.7 Å². The van der Waals surface area contributed by atoms with Crippen molar-refractivity contribution >= 4 is 38.3 Å². The van der Waals surface area contributed by atoms with Crippen molar-refractivity contribution in [2.75, 3.05) is 5.32 Å². The van der Waals surface area contributed by atoms with E-state index in [1.807, 2.05) is 0 Å². The number of halogens is 3. The molecule has 0 unspecified atom stereocenters. The van der Waals surface area contributed by atoms with E-state index in [4.69, 9.17) is 9.15 Å². The molecule has 3 rings (SSSR count). The predicted molar refractivity (Wildman–Crippen MR) is 87.2 cm³/mol. The van der Waals surface area contributed by atoms with Crippen molar-refractivity contribution in [3.05, 3.63) is 63.5 Å². The van der Waals surface area contributed by atoms with Gasteiger partial charge in [0.2, 0.25) is 0 Å². The Hall–Kier alpha value is -2.26. The van der Waals surface area contributed by atoms with Gasteiger partial charge in [-0.05, 0) is 40.2 Å². The number of furan rings is 1. The van der Waals surface area contributed by atoms with Gasteiger partial charge in [0.25, 0.3) is 5.91 Å². The lowest BCUT2D eigenvalue weighted by molar-refractivity contribution is 0.0992. The second kappa shape index (κ2) is 7.10. The van der Waals surface area contributed by atoms with E-state index in [-0.39, 0.29) is 18.1 Å². The largest absolute Gasteiger partial charge is 0.483 e. The Labute approximate surface area is 147 Å². The van der Waals surface area contributed by atoms with E-state index in [0.29, 0.717) is 10.9 Å². The number of carbonyl (C=O) groups is 1. The molecule has 0 aliphatic carbocycles. The molecule has 3 aromatic rings. The number of benzene rings is 1. The van der Waals surface area contributed by atoms with Gasteiger partial charge in [-0.2, -0.15) is 0 Å². The highest BCUT2D eigenvalue weighted by Gasteiger charge is 2.14. The zero-order valence-electron chi connectivity index (χ0n) is 11.9. The molecule has 9 heteroatoms. The maximum absolute atomic E-state index is 13.5. The van der Waals surface area contributed by atoms with Gasteiger partial charge in [-0.3, -0.25) is 10.1 Å². The lowest BCUT2D eigenvalue weighted by atomic mass is 10.3. The molecule has 1 amide bonds. The molecule has 0 saturated carbocycles. The Morgan fingerprint density at radius 3 is 2.88 bits per heavy atom. The average Bonchev–Trinajstić information content (AvgIpc) is 3.15. The minimum Gasteiger partial charge on any atom is -0.483 e. The molecule has 0 aliphatic heterocycles. The van der Waals surface area contributed by atoms with E-state index >= 15 is 0 Å². The molecule has 2 heterocycles. The number of carbonyl (C=O) groups excluding carboxylic acids is 1. The van der Waals surface area contributed by atoms with Crippen molar-refractivity contribution in [3.8, 4) is 5.75 Å². The number of aromatic nitrogens is 1. The highest BCUT2D eigenvalue weighted by molar-refractivity contribution is 9.11. The minimum atomic E-state index is -0.811. The smallest absolute Gasteiger partial charge is 0.293 e. The van der Waals surface area contributed by atoms with E-state index in [9.17, 15) is 13.6 Å². The van der Waals surface area contributed by atoms with Crippen LogP contribution in [-0.2, 0) is 6.61 Å². The molecule has 0 aliphatic rings. The zero-order valence-corrected chi connectivity index (χ0v) is 14.3. The number of hydrogen-bond donors (Lipinski definition) is 1. The molecule has 1 N–H and O–H groups in total. The lowest BCUT2D eigenvalue weighted by Gasteiger charge is -2.05. The molecule has 124 valence electrons. The molecule has 2 aromatic heterocycles. The fourth-order valence-electron chi connectivity index (χ4n) is 1.79. The van der Waals surface area contributed by atoms with Crippen molar-refractivity contribution in [2.24, 2.45) is 0 Å². The number of thiazole rings is 1. The SMILES string of the molecule is O=C(Nc1ncc(Br)s1)c1ccc(COc2ccc(F)cc2F)o1. The maximum Gasteiger partial charge on any atom is 0.293 e. The number of rotatable bonds is 5. The fraction of sp³-hybridized carbons (Fsp3) is 0.0667. The normalized spacial score (nSPS) is 10.6. The van der Waals surface area contributed by atoms with Gasteiger partial charge in [0.15, 0.2) is 22.5 Å². The fourth-order valence-corrected chi connectivity index (χ4v) is 2.89. The quantitative estimate of drug-likeness (QED) is 0.661. The third-order valence-corrected chi connectivity index (χ3v) is 4.24. The molecule has 5 nitrogen and oxygen atoms in total. The summed E-state index contributed by atoms with van der Waals surface area (Å²) < 4.78 is 37.6. The Bertz CT molecular complexity index is 881. The van der Waals surface area contributed by atoms with Crippen molar-refractivity contribution in [1.82, 2.24) is 4.98 Å². The summed E-state index contributed by atoms with van der Waals surface area (Å²) in [6.07, 6.45) is 1.57. The number of ether oxygens (including phenoxy) is 1. The van der Waals surface area contributed by atoms with E-state index < -0.39 is 17.5 Å². The third kappa shape index (κ3) is 3.98. The minimum absolute atomic E-state index is 0.0690. The highest BCUT2D eigenvalue weighted by Crippen LogP contribution is 2.24. The van der Waals surface area contributed by atoms with Crippen LogP contribution in [0.3, 0.4) is 0 Å². The van der Waals surface area contributed by atoms with Crippen LogP contribution < -0.4 is 10.1 Å². The van der Waals surface area contributed by atoms with Crippen LogP contribution in [0.5, 0.6) is 5.75 Å². The van der Waals surface area contributed by atoms with E-state index in [1.165, 1.54) is 29.5 Å². The summed E-state index contributed by atoms with van der Waals surface area (Å²) in [5, 5.41) is 3.01. The summed E-state index contributed by atoms with van der Waals surface area (Å²) in [7, 11) is 0. The average molecular weight is 415 g/mol. The molecule has 1 aromatic carbocycles. The first-order chi connectivity index (χ1) is 11.5. The summed E-state index contributed by atoms with van der Waals surface area (Å²) in [5.74, 6) is -1.68. The van der Waals surface area contributed by atoms with E-state index in [0.717, 1.165) is 15.9 Å². The predicted octanol–water partition coefficient (Wildman–Crippen LogP) is 4.61. The molecule has 0 fully saturated rings. The molecule has 0 spiro atoms. The van der Waals surface area contributed by atoms with Gasteiger partial charge in [-0.25, -0.2) is 13.8 Å². The second-order valence-electron chi connectivity index (χ2n) is 4.55. The standard InChI is InChI=1S/C15H9BrF2N2O3S/c16-13-6-19-15(24-13)20-14(21)12-4-2-9(23-12)7-22-11-3-1-8(17)5-10(11)18/h1-6H,7H2,(H,19,20,21). The van der Waals surface area contributed by atoms with E-state index in [2.05, 4.69) is 26.2 Å². The Kier molecular flexibility index (Phi) is 4.91. The van der Waals surface area contributed by atoms with Gasteiger partial charge in [-0.1, -0.05) is 11.3 Å². The number of amides is 1. The van der Waals surface area contributed by atoms with Gasteiger partial charge in [0.05, 0.1) is 9.98 Å². The maximum atomic E-state index is 13.5. The van der Waals surface area contributed by atoms with Crippen molar-refractivity contribution in [2.45, 2.75) is 6.61 Å². The van der Waals surface area contributed by atoms with Crippen molar-refractivity contribution < 1.29 is 22.7 Å². The highest BCUT2D eigenvalue weighted by atomic mass is 79.9. The molecule has 0 atom stereocenters. The topological polar surface area (TPSA) is 64.4 Å². The Balaban J connectivity index is 1.61. The van der Waals surface area contributed by atoms with Gasteiger partial charge < -0.3 is 9.15 Å². The van der Waals surface area contributed by atoms with Crippen LogP contribution in [0, 0.1) is 11.6 Å². The number of anilines is 1. The number of hydrogen-bond acceptors (Lipinski definition) is 5. The van der Waals surface area contributed by atoms with Gasteiger partial charge in [0, 0.05) is 6.07 Å². The molecule has 0 saturated heterocycles. The van der Waals surface area contributed by atoms with Crippen LogP contribution in [0.1, 0.15) is 16.3 Å². The molecule has 24 heavy (non-hydrogen) atoms. The summed E-state index contributed by atoms with van der Waals surface area (Å²) in [6.45, 7) is -0.0986. The van der Waals surface area contributed by atoms with Crippen molar-refractivity contribution in [3.63, 3.8) is 0 Å². The van der Waals surface area contributed by atoms with Crippen LogP contribution in [0.4, 0.5) is 13.9 Å². The Morgan fingerprint density at radius 2 is 2.17 bits per heavy atom. The van der Waals surface area contributed by atoms with Gasteiger partial charge in [-0.15, -0.1) is 0 Å². The third-order valence-electron chi connectivity index (χ3n) is 2.85. The van der Waals surface area contributed by atoms with Crippen LogP contribution in [-0.4, -0.2) is 10.9 Å². The van der Waals surface area contributed by atoms with Crippen molar-refractivity contribution in [1.29, 1.82) is 0 Å². The lowest BCUT2D eigenvalue weighted by Crippen LogP contribution is -2.10. The summed E-state index contributed by atoms with van der Waals surface area (Å²) >= 11 is 4.51. The number of nitrogens with one attached hydrogen (secondary N) is 1. The first-order valence-corrected chi connectivity index (χ1v) is 8.21. The molecular weight excluding hydrogens is 406 g/mol. The number of nitrogens with zero attached hydrogens (tertiary/aromatic N) is 1. The monoisotopic (exact) mass is 414 g/mol.